The minimum absolute atomic E-state index is 0.0262. The standard InChI is InChI=1S/C10H18N4O2S2/c1-10(2)6-4-3-5-7(10)14-18(15,16)9-13-12-8(11)17-9/h7,14H,3-6H2,1-2H3,(H2,11,12). The first-order chi connectivity index (χ1) is 8.31. The summed E-state index contributed by atoms with van der Waals surface area (Å²) in [4.78, 5) is 0. The quantitative estimate of drug-likeness (QED) is 0.876. The topological polar surface area (TPSA) is 98.0 Å². The van der Waals surface area contributed by atoms with Gasteiger partial charge in [-0.05, 0) is 18.3 Å². The van der Waals surface area contributed by atoms with Crippen LogP contribution in [0.3, 0.4) is 0 Å². The smallest absolute Gasteiger partial charge is 0.270 e. The third-order valence-electron chi connectivity index (χ3n) is 3.46. The third kappa shape index (κ3) is 2.81. The molecule has 1 heterocycles. The Kier molecular flexibility index (Phi) is 3.61. The van der Waals surface area contributed by atoms with Crippen LogP contribution in [-0.4, -0.2) is 24.7 Å². The van der Waals surface area contributed by atoms with Crippen LogP contribution in [0.4, 0.5) is 5.13 Å². The Morgan fingerprint density at radius 2 is 2.11 bits per heavy atom. The molecule has 2 rings (SSSR count). The molecule has 8 heteroatoms. The van der Waals surface area contributed by atoms with Crippen LogP contribution in [0.25, 0.3) is 0 Å². The van der Waals surface area contributed by atoms with Gasteiger partial charge in [-0.1, -0.05) is 38.0 Å². The van der Waals surface area contributed by atoms with E-state index in [9.17, 15) is 8.42 Å². The Morgan fingerprint density at radius 3 is 2.67 bits per heavy atom. The van der Waals surface area contributed by atoms with Gasteiger partial charge < -0.3 is 5.73 Å². The lowest BCUT2D eigenvalue weighted by Crippen LogP contribution is -2.46. The van der Waals surface area contributed by atoms with E-state index >= 15 is 0 Å². The van der Waals surface area contributed by atoms with Crippen molar-refractivity contribution >= 4 is 26.5 Å². The lowest BCUT2D eigenvalue weighted by atomic mass is 9.74. The molecule has 18 heavy (non-hydrogen) atoms. The Hall–Kier alpha value is -0.730. The van der Waals surface area contributed by atoms with Gasteiger partial charge in [-0.15, -0.1) is 10.2 Å². The van der Waals surface area contributed by atoms with Crippen LogP contribution in [-0.2, 0) is 10.0 Å². The molecule has 0 bridgehead atoms. The maximum atomic E-state index is 12.1. The molecule has 6 nitrogen and oxygen atoms in total. The van der Waals surface area contributed by atoms with E-state index in [1.807, 2.05) is 0 Å². The van der Waals surface area contributed by atoms with E-state index in [2.05, 4.69) is 28.8 Å². The predicted octanol–water partition coefficient (Wildman–Crippen LogP) is 1.37. The van der Waals surface area contributed by atoms with Crippen molar-refractivity contribution in [2.24, 2.45) is 5.41 Å². The fourth-order valence-electron chi connectivity index (χ4n) is 2.28. The molecule has 1 unspecified atom stereocenters. The molecule has 1 atom stereocenters. The maximum Gasteiger partial charge on any atom is 0.270 e. The van der Waals surface area contributed by atoms with E-state index < -0.39 is 10.0 Å². The normalized spacial score (nSPS) is 24.0. The van der Waals surface area contributed by atoms with Crippen molar-refractivity contribution in [1.29, 1.82) is 0 Å². The number of rotatable bonds is 3. The summed E-state index contributed by atoms with van der Waals surface area (Å²) in [6.45, 7) is 4.18. The molecule has 1 aliphatic rings. The molecule has 0 aromatic carbocycles. The molecular weight excluding hydrogens is 272 g/mol. The van der Waals surface area contributed by atoms with E-state index in [0.29, 0.717) is 0 Å². The minimum atomic E-state index is -3.60. The van der Waals surface area contributed by atoms with E-state index in [1.54, 1.807) is 0 Å². The molecule has 1 fully saturated rings. The summed E-state index contributed by atoms with van der Waals surface area (Å²) in [5, 5.41) is 7.30. The Labute approximate surface area is 111 Å². The van der Waals surface area contributed by atoms with Crippen molar-refractivity contribution in [3.05, 3.63) is 0 Å². The molecule has 0 aliphatic heterocycles. The number of nitrogens with zero attached hydrogens (tertiary/aromatic N) is 2. The van der Waals surface area contributed by atoms with Crippen LogP contribution in [0.2, 0.25) is 0 Å². The highest BCUT2D eigenvalue weighted by Gasteiger charge is 2.36. The molecule has 102 valence electrons. The van der Waals surface area contributed by atoms with Crippen LogP contribution in [0.15, 0.2) is 4.34 Å². The van der Waals surface area contributed by atoms with Crippen molar-refractivity contribution in [3.8, 4) is 0 Å². The highest BCUT2D eigenvalue weighted by atomic mass is 32.2. The second-order valence-electron chi connectivity index (χ2n) is 5.31. The van der Waals surface area contributed by atoms with Crippen LogP contribution in [0.5, 0.6) is 0 Å². The molecule has 0 amide bonds. The van der Waals surface area contributed by atoms with Gasteiger partial charge in [0.15, 0.2) is 0 Å². The number of aromatic nitrogens is 2. The van der Waals surface area contributed by atoms with Gasteiger partial charge in [0.2, 0.25) is 9.47 Å². The third-order valence-corrected chi connectivity index (χ3v) is 6.05. The molecule has 1 aliphatic carbocycles. The number of nitrogens with one attached hydrogen (secondary N) is 1. The Balaban J connectivity index is 2.17. The predicted molar refractivity (Wildman–Crippen MR) is 70.7 cm³/mol. The molecule has 1 aromatic rings. The lowest BCUT2D eigenvalue weighted by molar-refractivity contribution is 0.188. The maximum absolute atomic E-state index is 12.1. The van der Waals surface area contributed by atoms with Gasteiger partial charge in [0.05, 0.1) is 0 Å². The molecular formula is C10H18N4O2S2. The fourth-order valence-corrected chi connectivity index (χ4v) is 4.52. The van der Waals surface area contributed by atoms with E-state index in [-0.39, 0.29) is 20.9 Å². The number of hydrogen-bond acceptors (Lipinski definition) is 6. The molecule has 0 spiro atoms. The summed E-state index contributed by atoms with van der Waals surface area (Å²) in [6, 6.07) is -0.0543. The van der Waals surface area contributed by atoms with Crippen LogP contribution < -0.4 is 10.5 Å². The van der Waals surface area contributed by atoms with E-state index in [4.69, 9.17) is 5.73 Å². The van der Waals surface area contributed by atoms with Gasteiger partial charge in [-0.3, -0.25) is 0 Å². The molecule has 0 radical (unpaired) electrons. The van der Waals surface area contributed by atoms with Crippen molar-refractivity contribution in [2.75, 3.05) is 5.73 Å². The summed E-state index contributed by atoms with van der Waals surface area (Å²) >= 11 is 0.888. The zero-order valence-corrected chi connectivity index (χ0v) is 12.1. The number of nitrogen functional groups attached to an aromatic ring is 1. The van der Waals surface area contributed by atoms with Crippen molar-refractivity contribution in [3.63, 3.8) is 0 Å². The molecule has 3 N–H and O–H groups in total. The average molecular weight is 290 g/mol. The zero-order chi connectivity index (χ0) is 13.4. The number of anilines is 1. The average Bonchev–Trinajstić information content (AvgIpc) is 2.69. The largest absolute Gasteiger partial charge is 0.374 e. The van der Waals surface area contributed by atoms with Crippen molar-refractivity contribution in [1.82, 2.24) is 14.9 Å². The molecule has 1 saturated carbocycles. The van der Waals surface area contributed by atoms with Gasteiger partial charge in [-0.25, -0.2) is 13.1 Å². The summed E-state index contributed by atoms with van der Waals surface area (Å²) in [5.41, 5.74) is 5.39. The number of nitrogens with two attached hydrogens (primary N) is 1. The van der Waals surface area contributed by atoms with Crippen LogP contribution in [0, 0.1) is 5.41 Å². The first-order valence-corrected chi connectivity index (χ1v) is 8.22. The van der Waals surface area contributed by atoms with Crippen LogP contribution in [0.1, 0.15) is 39.5 Å². The van der Waals surface area contributed by atoms with Gasteiger partial charge in [0.1, 0.15) is 0 Å². The zero-order valence-electron chi connectivity index (χ0n) is 10.5. The summed E-state index contributed by atoms with van der Waals surface area (Å²) in [5.74, 6) is 0. The first-order valence-electron chi connectivity index (χ1n) is 5.92. The SMILES string of the molecule is CC1(C)CCCCC1NS(=O)(=O)c1nnc(N)s1. The number of sulfonamides is 1. The second kappa shape index (κ2) is 4.75. The highest BCUT2D eigenvalue weighted by molar-refractivity contribution is 7.91. The van der Waals surface area contributed by atoms with Crippen LogP contribution >= 0.6 is 11.3 Å². The van der Waals surface area contributed by atoms with Gasteiger partial charge >= 0.3 is 0 Å². The lowest BCUT2D eigenvalue weighted by Gasteiger charge is -2.38. The summed E-state index contributed by atoms with van der Waals surface area (Å²) in [6.07, 6.45) is 4.09. The monoisotopic (exact) mass is 290 g/mol. The van der Waals surface area contributed by atoms with E-state index in [1.165, 1.54) is 0 Å². The number of hydrogen-bond donors (Lipinski definition) is 2. The summed E-state index contributed by atoms with van der Waals surface area (Å²) in [7, 11) is -3.60. The molecule has 0 saturated heterocycles. The first kappa shape index (κ1) is 13.7. The van der Waals surface area contributed by atoms with Gasteiger partial charge in [0.25, 0.3) is 10.0 Å². The minimum Gasteiger partial charge on any atom is -0.374 e. The highest BCUT2D eigenvalue weighted by Crippen LogP contribution is 2.36. The van der Waals surface area contributed by atoms with Crippen molar-refractivity contribution in [2.45, 2.75) is 49.9 Å². The Morgan fingerprint density at radius 1 is 1.39 bits per heavy atom. The second-order valence-corrected chi connectivity index (χ2v) is 8.21. The van der Waals surface area contributed by atoms with E-state index in [0.717, 1.165) is 37.0 Å². The Bertz CT molecular complexity index is 524. The fraction of sp³-hybridized carbons (Fsp3) is 0.800. The van der Waals surface area contributed by atoms with Gasteiger partial charge in [0, 0.05) is 6.04 Å². The summed E-state index contributed by atoms with van der Waals surface area (Å²) < 4.78 is 27.0. The van der Waals surface area contributed by atoms with Gasteiger partial charge in [-0.2, -0.15) is 0 Å². The van der Waals surface area contributed by atoms with Crippen molar-refractivity contribution < 1.29 is 8.42 Å². The molecule has 1 aromatic heterocycles.